The number of benzene rings is 3. The molecule has 4 nitrogen and oxygen atoms in total. The van der Waals surface area contributed by atoms with Gasteiger partial charge in [0.25, 0.3) is 0 Å². The highest BCUT2D eigenvalue weighted by atomic mass is 79.9. The van der Waals surface area contributed by atoms with Gasteiger partial charge in [0.05, 0.1) is 12.6 Å². The van der Waals surface area contributed by atoms with Gasteiger partial charge in [0.1, 0.15) is 6.61 Å². The van der Waals surface area contributed by atoms with Crippen LogP contribution in [0.25, 0.3) is 11.1 Å². The van der Waals surface area contributed by atoms with Gasteiger partial charge in [-0.1, -0.05) is 76.6 Å². The number of halogens is 1. The minimum absolute atomic E-state index is 0.0214. The van der Waals surface area contributed by atoms with Crippen LogP contribution in [-0.2, 0) is 4.74 Å². The zero-order valence-corrected chi connectivity index (χ0v) is 16.7. The van der Waals surface area contributed by atoms with Crippen molar-refractivity contribution in [1.82, 2.24) is 5.32 Å². The van der Waals surface area contributed by atoms with E-state index in [4.69, 9.17) is 4.74 Å². The lowest BCUT2D eigenvalue weighted by molar-refractivity contribution is 0.128. The second kappa shape index (κ2) is 8.17. The molecule has 0 radical (unpaired) electrons. The fourth-order valence-electron chi connectivity index (χ4n) is 3.66. The average Bonchev–Trinajstić information content (AvgIpc) is 3.04. The van der Waals surface area contributed by atoms with Gasteiger partial charge in [-0.15, -0.1) is 0 Å². The lowest BCUT2D eigenvalue weighted by Gasteiger charge is -2.16. The molecule has 3 aromatic rings. The third-order valence-corrected chi connectivity index (χ3v) is 5.51. The van der Waals surface area contributed by atoms with Gasteiger partial charge in [-0.2, -0.15) is 0 Å². The van der Waals surface area contributed by atoms with Crippen LogP contribution in [0.4, 0.5) is 4.79 Å². The standard InChI is InChI=1S/C23H20BrNO3/c24-16-7-5-6-15(12-16)22(26)13-25-23(27)28-14-21-19-10-3-1-8-17(19)18-9-2-4-11-20(18)21/h1-12,21-22,26H,13-14H2,(H,25,27)/t22-/m1/s1. The maximum absolute atomic E-state index is 12.2. The Labute approximate surface area is 172 Å². The third kappa shape index (κ3) is 3.81. The molecule has 3 aromatic carbocycles. The summed E-state index contributed by atoms with van der Waals surface area (Å²) in [6.45, 7) is 0.347. The van der Waals surface area contributed by atoms with Crippen molar-refractivity contribution in [3.05, 3.63) is 94.0 Å². The van der Waals surface area contributed by atoms with Crippen molar-refractivity contribution in [3.63, 3.8) is 0 Å². The van der Waals surface area contributed by atoms with Crippen molar-refractivity contribution in [3.8, 4) is 11.1 Å². The summed E-state index contributed by atoms with van der Waals surface area (Å²) in [7, 11) is 0. The van der Waals surface area contributed by atoms with E-state index in [1.807, 2.05) is 48.5 Å². The van der Waals surface area contributed by atoms with Crippen molar-refractivity contribution in [1.29, 1.82) is 0 Å². The van der Waals surface area contributed by atoms with Crippen LogP contribution in [0.1, 0.15) is 28.7 Å². The molecule has 142 valence electrons. The maximum atomic E-state index is 12.2. The summed E-state index contributed by atoms with van der Waals surface area (Å²) in [6, 6.07) is 23.8. The zero-order chi connectivity index (χ0) is 19.5. The summed E-state index contributed by atoms with van der Waals surface area (Å²) in [6.07, 6.45) is -1.33. The largest absolute Gasteiger partial charge is 0.449 e. The van der Waals surface area contributed by atoms with Crippen molar-refractivity contribution in [2.75, 3.05) is 13.2 Å². The number of fused-ring (bicyclic) bond motifs is 3. The molecular weight excluding hydrogens is 418 g/mol. The first-order valence-corrected chi connectivity index (χ1v) is 9.95. The maximum Gasteiger partial charge on any atom is 0.407 e. The van der Waals surface area contributed by atoms with Crippen LogP contribution >= 0.6 is 15.9 Å². The van der Waals surface area contributed by atoms with E-state index < -0.39 is 12.2 Å². The smallest absolute Gasteiger partial charge is 0.407 e. The Morgan fingerprint density at radius 2 is 1.64 bits per heavy atom. The van der Waals surface area contributed by atoms with Crippen LogP contribution in [0, 0.1) is 0 Å². The molecule has 28 heavy (non-hydrogen) atoms. The summed E-state index contributed by atoms with van der Waals surface area (Å²) in [5, 5.41) is 12.9. The molecule has 1 amide bonds. The first kappa shape index (κ1) is 18.7. The highest BCUT2D eigenvalue weighted by molar-refractivity contribution is 9.10. The van der Waals surface area contributed by atoms with E-state index in [1.54, 1.807) is 0 Å². The Bertz CT molecular complexity index is 959. The third-order valence-electron chi connectivity index (χ3n) is 5.02. The second-order valence-electron chi connectivity index (χ2n) is 6.78. The Balaban J connectivity index is 1.37. The van der Waals surface area contributed by atoms with E-state index in [0.29, 0.717) is 0 Å². The average molecular weight is 438 g/mol. The lowest BCUT2D eigenvalue weighted by Crippen LogP contribution is -2.30. The van der Waals surface area contributed by atoms with E-state index in [9.17, 15) is 9.90 Å². The van der Waals surface area contributed by atoms with Crippen LogP contribution in [0.3, 0.4) is 0 Å². The molecule has 0 aliphatic heterocycles. The number of aliphatic hydroxyl groups is 1. The van der Waals surface area contributed by atoms with Gasteiger partial charge in [0, 0.05) is 10.4 Å². The van der Waals surface area contributed by atoms with Crippen LogP contribution < -0.4 is 5.32 Å². The number of carbonyl (C=O) groups excluding carboxylic acids is 1. The van der Waals surface area contributed by atoms with Gasteiger partial charge in [0.2, 0.25) is 0 Å². The van der Waals surface area contributed by atoms with E-state index in [2.05, 4.69) is 45.5 Å². The van der Waals surface area contributed by atoms with E-state index in [0.717, 1.165) is 10.0 Å². The monoisotopic (exact) mass is 437 g/mol. The summed E-state index contributed by atoms with van der Waals surface area (Å²) in [5.74, 6) is 0.0214. The van der Waals surface area contributed by atoms with E-state index in [1.165, 1.54) is 22.3 Å². The fourth-order valence-corrected chi connectivity index (χ4v) is 4.08. The molecule has 0 saturated heterocycles. The lowest BCUT2D eigenvalue weighted by atomic mass is 9.98. The molecule has 0 unspecified atom stereocenters. The van der Waals surface area contributed by atoms with Crippen LogP contribution in [0.5, 0.6) is 0 Å². The van der Waals surface area contributed by atoms with Crippen molar-refractivity contribution in [2.45, 2.75) is 12.0 Å². The molecule has 5 heteroatoms. The summed E-state index contributed by atoms with van der Waals surface area (Å²) >= 11 is 3.38. The highest BCUT2D eigenvalue weighted by Gasteiger charge is 2.29. The van der Waals surface area contributed by atoms with Crippen molar-refractivity contribution >= 4 is 22.0 Å². The predicted molar refractivity (Wildman–Crippen MR) is 112 cm³/mol. The zero-order valence-electron chi connectivity index (χ0n) is 15.1. The summed E-state index contributed by atoms with van der Waals surface area (Å²) in [5.41, 5.74) is 5.46. The topological polar surface area (TPSA) is 58.6 Å². The van der Waals surface area contributed by atoms with Gasteiger partial charge < -0.3 is 15.2 Å². The van der Waals surface area contributed by atoms with Gasteiger partial charge in [0.15, 0.2) is 0 Å². The number of hydrogen-bond donors (Lipinski definition) is 2. The first-order chi connectivity index (χ1) is 13.6. The molecule has 4 rings (SSSR count). The number of amides is 1. The Morgan fingerprint density at radius 3 is 2.29 bits per heavy atom. The van der Waals surface area contributed by atoms with Crippen molar-refractivity contribution < 1.29 is 14.6 Å². The molecule has 0 bridgehead atoms. The molecular formula is C23H20BrNO3. The van der Waals surface area contributed by atoms with Crippen LogP contribution in [0.15, 0.2) is 77.3 Å². The molecule has 1 aliphatic carbocycles. The molecule has 0 heterocycles. The van der Waals surface area contributed by atoms with Crippen LogP contribution in [-0.4, -0.2) is 24.4 Å². The van der Waals surface area contributed by atoms with Crippen molar-refractivity contribution in [2.24, 2.45) is 0 Å². The quantitative estimate of drug-likeness (QED) is 0.588. The SMILES string of the molecule is O=C(NC[C@@H](O)c1cccc(Br)c1)OCC1c2ccccc2-c2ccccc21. The van der Waals surface area contributed by atoms with E-state index in [-0.39, 0.29) is 19.1 Å². The number of carbonyl (C=O) groups is 1. The first-order valence-electron chi connectivity index (χ1n) is 9.16. The molecule has 0 spiro atoms. The van der Waals surface area contributed by atoms with Gasteiger partial charge in [-0.05, 0) is 39.9 Å². The number of rotatable bonds is 5. The number of ether oxygens (including phenoxy) is 1. The molecule has 0 fully saturated rings. The number of nitrogens with one attached hydrogen (secondary N) is 1. The van der Waals surface area contributed by atoms with Crippen LogP contribution in [0.2, 0.25) is 0 Å². The number of alkyl carbamates (subject to hydrolysis) is 1. The summed E-state index contributed by atoms with van der Waals surface area (Å²) < 4.78 is 6.36. The van der Waals surface area contributed by atoms with Gasteiger partial charge in [-0.25, -0.2) is 4.79 Å². The highest BCUT2D eigenvalue weighted by Crippen LogP contribution is 2.44. The van der Waals surface area contributed by atoms with Gasteiger partial charge >= 0.3 is 6.09 Å². The normalized spacial score (nSPS) is 13.5. The molecule has 2 N–H and O–H groups in total. The molecule has 0 aromatic heterocycles. The molecule has 1 aliphatic rings. The summed E-state index contributed by atoms with van der Waals surface area (Å²) in [4.78, 5) is 12.2. The Hall–Kier alpha value is -2.63. The Morgan fingerprint density at radius 1 is 1.00 bits per heavy atom. The number of hydrogen-bond acceptors (Lipinski definition) is 3. The molecule has 1 atom stereocenters. The Kier molecular flexibility index (Phi) is 5.46. The minimum Gasteiger partial charge on any atom is -0.449 e. The molecule has 0 saturated carbocycles. The second-order valence-corrected chi connectivity index (χ2v) is 7.69. The minimum atomic E-state index is -0.794. The fraction of sp³-hybridized carbons (Fsp3) is 0.174. The van der Waals surface area contributed by atoms with Gasteiger partial charge in [-0.3, -0.25) is 0 Å². The number of aliphatic hydroxyl groups excluding tert-OH is 1. The van der Waals surface area contributed by atoms with E-state index >= 15 is 0 Å². The predicted octanol–water partition coefficient (Wildman–Crippen LogP) is 5.02.